The van der Waals surface area contributed by atoms with Crippen LogP contribution in [0, 0.1) is 18.3 Å². The Morgan fingerprint density at radius 3 is 3.06 bits per heavy atom. The molecule has 1 aromatic rings. The van der Waals surface area contributed by atoms with Crippen molar-refractivity contribution in [3.63, 3.8) is 0 Å². The van der Waals surface area contributed by atoms with E-state index in [1.54, 1.807) is 18.3 Å². The highest BCUT2D eigenvalue weighted by atomic mass is 32.2. The largest absolute Gasteiger partial charge is 0.303 e. The quantitative estimate of drug-likeness (QED) is 0.643. The monoisotopic (exact) mass is 258 g/mol. The van der Waals surface area contributed by atoms with Crippen LogP contribution in [0.5, 0.6) is 0 Å². The number of aryl methyl sites for hydroxylation is 1. The van der Waals surface area contributed by atoms with Gasteiger partial charge in [0.15, 0.2) is 5.17 Å². The zero-order valence-electron chi connectivity index (χ0n) is 9.67. The predicted molar refractivity (Wildman–Crippen MR) is 71.5 cm³/mol. The van der Waals surface area contributed by atoms with Crippen LogP contribution in [0.4, 0.5) is 0 Å². The van der Waals surface area contributed by atoms with E-state index in [1.165, 1.54) is 11.8 Å². The first kappa shape index (κ1) is 12.3. The zero-order valence-corrected chi connectivity index (χ0v) is 10.5. The van der Waals surface area contributed by atoms with Crippen molar-refractivity contribution >= 4 is 29.1 Å². The first-order chi connectivity index (χ1) is 8.69. The molecule has 1 aromatic carbocycles. The predicted octanol–water partition coefficient (Wildman–Crippen LogP) is 1.42. The number of carbonyl (C=O) groups is 1. The minimum Gasteiger partial charge on any atom is -0.303 e. The maximum Gasteiger partial charge on any atom is 0.236 e. The Kier molecular flexibility index (Phi) is 3.75. The molecule has 1 saturated heterocycles. The van der Waals surface area contributed by atoms with Crippen molar-refractivity contribution in [1.29, 1.82) is 5.26 Å². The molecule has 1 fully saturated rings. The summed E-state index contributed by atoms with van der Waals surface area (Å²) < 4.78 is 0. The molecule has 0 aromatic heterocycles. The van der Waals surface area contributed by atoms with Crippen molar-refractivity contribution in [1.82, 2.24) is 5.32 Å². The minimum atomic E-state index is -0.0587. The number of amides is 1. The van der Waals surface area contributed by atoms with Crippen LogP contribution >= 0.6 is 11.8 Å². The third-order valence-corrected chi connectivity index (χ3v) is 3.20. The number of nitrogens with zero attached hydrogens (tertiary/aromatic N) is 3. The Morgan fingerprint density at radius 1 is 1.56 bits per heavy atom. The Balaban J connectivity index is 2.14. The minimum absolute atomic E-state index is 0.0587. The van der Waals surface area contributed by atoms with Gasteiger partial charge >= 0.3 is 0 Å². The SMILES string of the molecule is Cc1ccc(C#N)cc1C=NN=C1NC(=O)CS1. The van der Waals surface area contributed by atoms with Crippen molar-refractivity contribution in [2.75, 3.05) is 5.75 Å². The third kappa shape index (κ3) is 2.96. The number of hydrogen-bond donors (Lipinski definition) is 1. The Hall–Kier alpha value is -2.13. The van der Waals surface area contributed by atoms with Gasteiger partial charge in [-0.3, -0.25) is 4.79 Å². The van der Waals surface area contributed by atoms with Crippen LogP contribution in [0.3, 0.4) is 0 Å². The lowest BCUT2D eigenvalue weighted by Gasteiger charge is -1.98. The Morgan fingerprint density at radius 2 is 2.39 bits per heavy atom. The smallest absolute Gasteiger partial charge is 0.236 e. The lowest BCUT2D eigenvalue weighted by molar-refractivity contribution is -0.116. The first-order valence-corrected chi connectivity index (χ1v) is 6.22. The molecule has 1 aliphatic rings. The number of rotatable bonds is 2. The van der Waals surface area contributed by atoms with Crippen LogP contribution in [0.25, 0.3) is 0 Å². The molecule has 5 nitrogen and oxygen atoms in total. The van der Waals surface area contributed by atoms with Crippen molar-refractivity contribution in [3.05, 3.63) is 34.9 Å². The van der Waals surface area contributed by atoms with E-state index in [0.29, 0.717) is 16.5 Å². The van der Waals surface area contributed by atoms with E-state index in [0.717, 1.165) is 11.1 Å². The van der Waals surface area contributed by atoms with Crippen LogP contribution in [-0.2, 0) is 4.79 Å². The number of nitrogens with one attached hydrogen (secondary N) is 1. The van der Waals surface area contributed by atoms with Gasteiger partial charge in [0, 0.05) is 0 Å². The number of amidine groups is 1. The highest BCUT2D eigenvalue weighted by Crippen LogP contribution is 2.10. The second-order valence-corrected chi connectivity index (χ2v) is 4.63. The molecule has 90 valence electrons. The van der Waals surface area contributed by atoms with Gasteiger partial charge in [-0.25, -0.2) is 0 Å². The van der Waals surface area contributed by atoms with Crippen LogP contribution in [0.15, 0.2) is 28.4 Å². The van der Waals surface area contributed by atoms with Gasteiger partial charge in [-0.15, -0.1) is 5.10 Å². The van der Waals surface area contributed by atoms with Gasteiger partial charge in [0.2, 0.25) is 5.91 Å². The molecule has 2 rings (SSSR count). The second-order valence-electron chi connectivity index (χ2n) is 3.67. The van der Waals surface area contributed by atoms with Gasteiger partial charge < -0.3 is 5.32 Å². The molecule has 18 heavy (non-hydrogen) atoms. The van der Waals surface area contributed by atoms with Crippen LogP contribution in [-0.4, -0.2) is 23.0 Å². The van der Waals surface area contributed by atoms with Gasteiger partial charge in [-0.2, -0.15) is 10.4 Å². The van der Waals surface area contributed by atoms with E-state index < -0.39 is 0 Å². The number of carbonyl (C=O) groups excluding carboxylic acids is 1. The maximum absolute atomic E-state index is 10.9. The number of hydrogen-bond acceptors (Lipinski definition) is 5. The molecule has 0 spiro atoms. The molecule has 0 bridgehead atoms. The van der Waals surface area contributed by atoms with Gasteiger partial charge in [0.1, 0.15) is 0 Å². The second kappa shape index (κ2) is 5.47. The molecule has 0 saturated carbocycles. The molecule has 0 radical (unpaired) electrons. The number of benzene rings is 1. The zero-order chi connectivity index (χ0) is 13.0. The van der Waals surface area contributed by atoms with Crippen molar-refractivity contribution in [2.24, 2.45) is 10.2 Å². The van der Waals surface area contributed by atoms with E-state index in [4.69, 9.17) is 5.26 Å². The van der Waals surface area contributed by atoms with Crippen LogP contribution in [0.2, 0.25) is 0 Å². The number of nitriles is 1. The van der Waals surface area contributed by atoms with E-state index in [9.17, 15) is 4.79 Å². The molecule has 1 amide bonds. The van der Waals surface area contributed by atoms with E-state index in [1.807, 2.05) is 13.0 Å². The molecule has 1 heterocycles. The summed E-state index contributed by atoms with van der Waals surface area (Å²) in [6.07, 6.45) is 1.58. The van der Waals surface area contributed by atoms with Gasteiger partial charge in [-0.05, 0) is 30.2 Å². The van der Waals surface area contributed by atoms with Crippen molar-refractivity contribution < 1.29 is 4.79 Å². The third-order valence-electron chi connectivity index (χ3n) is 2.34. The average Bonchev–Trinajstić information content (AvgIpc) is 2.77. The average molecular weight is 258 g/mol. The van der Waals surface area contributed by atoms with Crippen molar-refractivity contribution in [3.8, 4) is 6.07 Å². The highest BCUT2D eigenvalue weighted by Gasteiger charge is 2.15. The first-order valence-electron chi connectivity index (χ1n) is 5.23. The molecule has 0 unspecified atom stereocenters. The van der Waals surface area contributed by atoms with Crippen LogP contribution < -0.4 is 5.32 Å². The fraction of sp³-hybridized carbons (Fsp3) is 0.167. The van der Waals surface area contributed by atoms with E-state index >= 15 is 0 Å². The standard InChI is InChI=1S/C12H10N4OS/c1-8-2-3-9(5-13)4-10(8)6-14-16-12-15-11(17)7-18-12/h2-4,6H,7H2,1H3,(H,15,16,17). The molecular weight excluding hydrogens is 248 g/mol. The summed E-state index contributed by atoms with van der Waals surface area (Å²) in [6.45, 7) is 1.93. The van der Waals surface area contributed by atoms with Crippen LogP contribution in [0.1, 0.15) is 16.7 Å². The van der Waals surface area contributed by atoms with E-state index in [-0.39, 0.29) is 5.91 Å². The summed E-state index contributed by atoms with van der Waals surface area (Å²) in [5.74, 6) is 0.328. The summed E-state index contributed by atoms with van der Waals surface area (Å²) in [5, 5.41) is 19.7. The summed E-state index contributed by atoms with van der Waals surface area (Å²) in [4.78, 5) is 10.9. The van der Waals surface area contributed by atoms with Gasteiger partial charge in [-0.1, -0.05) is 17.8 Å². The Labute approximate surface area is 109 Å². The summed E-state index contributed by atoms with van der Waals surface area (Å²) >= 11 is 1.32. The topological polar surface area (TPSA) is 77.6 Å². The molecule has 6 heteroatoms. The Bertz CT molecular complexity index is 586. The maximum atomic E-state index is 10.9. The lowest BCUT2D eigenvalue weighted by Crippen LogP contribution is -2.19. The summed E-state index contributed by atoms with van der Waals surface area (Å²) in [6, 6.07) is 7.44. The number of thioether (sulfide) groups is 1. The molecule has 1 N–H and O–H groups in total. The lowest BCUT2D eigenvalue weighted by atomic mass is 10.1. The van der Waals surface area contributed by atoms with Gasteiger partial charge in [0.05, 0.1) is 23.6 Å². The fourth-order valence-corrected chi connectivity index (χ4v) is 2.00. The van der Waals surface area contributed by atoms with Gasteiger partial charge in [0.25, 0.3) is 0 Å². The van der Waals surface area contributed by atoms with Crippen molar-refractivity contribution in [2.45, 2.75) is 6.92 Å². The fourth-order valence-electron chi connectivity index (χ4n) is 1.37. The summed E-state index contributed by atoms with van der Waals surface area (Å²) in [5.41, 5.74) is 2.44. The molecule has 0 aliphatic carbocycles. The molecule has 1 aliphatic heterocycles. The van der Waals surface area contributed by atoms with E-state index in [2.05, 4.69) is 21.6 Å². The molecule has 0 atom stereocenters. The summed E-state index contributed by atoms with van der Waals surface area (Å²) in [7, 11) is 0. The highest BCUT2D eigenvalue weighted by molar-refractivity contribution is 8.15. The normalized spacial score (nSPS) is 17.1. The molecular formula is C12H10N4OS.